The molecule has 0 atom stereocenters. The van der Waals surface area contributed by atoms with E-state index in [1.54, 1.807) is 4.90 Å². The smallest absolute Gasteiger partial charge is 0.322 e. The summed E-state index contributed by atoms with van der Waals surface area (Å²) >= 11 is 0. The van der Waals surface area contributed by atoms with Gasteiger partial charge in [-0.1, -0.05) is 6.07 Å². The Morgan fingerprint density at radius 2 is 1.96 bits per heavy atom. The standard InChI is InChI=1S/C20H24N4O3/c1-12-3-4-15(9-13(12)2)22-20(26)24(16-7-8-16)10-18-23-17(11-27-18)19(25)21-14-5-6-14/h3-4,9,11,14,16H,5-8,10H2,1-2H3,(H,21,25)(H,22,26). The van der Waals surface area contributed by atoms with Crippen LogP contribution in [0.2, 0.25) is 0 Å². The molecule has 0 aliphatic heterocycles. The molecule has 2 aromatic rings. The molecular weight excluding hydrogens is 344 g/mol. The van der Waals surface area contributed by atoms with Crippen molar-refractivity contribution in [2.45, 2.75) is 58.2 Å². The Hall–Kier alpha value is -2.83. The maximum atomic E-state index is 12.8. The lowest BCUT2D eigenvalue weighted by Crippen LogP contribution is -2.36. The molecule has 3 amide bonds. The minimum atomic E-state index is -0.218. The van der Waals surface area contributed by atoms with Crippen molar-refractivity contribution in [3.05, 3.63) is 47.2 Å². The number of carbonyl (C=O) groups is 2. The highest BCUT2D eigenvalue weighted by Crippen LogP contribution is 2.29. The molecule has 2 aliphatic carbocycles. The van der Waals surface area contributed by atoms with Crippen LogP contribution in [0.3, 0.4) is 0 Å². The molecule has 0 unspecified atom stereocenters. The van der Waals surface area contributed by atoms with Crippen molar-refractivity contribution in [3.63, 3.8) is 0 Å². The molecule has 2 N–H and O–H groups in total. The van der Waals surface area contributed by atoms with Gasteiger partial charge in [0, 0.05) is 17.8 Å². The van der Waals surface area contributed by atoms with E-state index in [-0.39, 0.29) is 36.3 Å². The second-order valence-corrected chi connectivity index (χ2v) is 7.46. The number of aryl methyl sites for hydroxylation is 2. The van der Waals surface area contributed by atoms with Crippen molar-refractivity contribution in [3.8, 4) is 0 Å². The third-order valence-corrected chi connectivity index (χ3v) is 5.01. The van der Waals surface area contributed by atoms with Crippen LogP contribution in [0.5, 0.6) is 0 Å². The minimum Gasteiger partial charge on any atom is -0.446 e. The molecule has 2 aliphatic rings. The van der Waals surface area contributed by atoms with Crippen LogP contribution < -0.4 is 10.6 Å². The molecule has 7 heteroatoms. The van der Waals surface area contributed by atoms with Gasteiger partial charge in [0.15, 0.2) is 5.69 Å². The molecule has 4 rings (SSSR count). The Bertz CT molecular complexity index is 868. The van der Waals surface area contributed by atoms with Gasteiger partial charge in [0.25, 0.3) is 5.91 Å². The highest BCUT2D eigenvalue weighted by atomic mass is 16.3. The number of hydrogen-bond donors (Lipinski definition) is 2. The van der Waals surface area contributed by atoms with Crippen molar-refractivity contribution < 1.29 is 14.0 Å². The van der Waals surface area contributed by atoms with E-state index in [0.717, 1.165) is 36.9 Å². The normalized spacial score (nSPS) is 16.1. The number of hydrogen-bond acceptors (Lipinski definition) is 4. The van der Waals surface area contributed by atoms with Crippen LogP contribution >= 0.6 is 0 Å². The van der Waals surface area contributed by atoms with Crippen molar-refractivity contribution in [1.29, 1.82) is 0 Å². The Labute approximate surface area is 158 Å². The first-order valence-electron chi connectivity index (χ1n) is 9.40. The van der Waals surface area contributed by atoms with Crippen molar-refractivity contribution in [2.24, 2.45) is 0 Å². The van der Waals surface area contributed by atoms with Crippen LogP contribution in [0.1, 0.15) is 53.2 Å². The van der Waals surface area contributed by atoms with Gasteiger partial charge in [-0.05, 0) is 62.8 Å². The maximum absolute atomic E-state index is 12.8. The van der Waals surface area contributed by atoms with Crippen LogP contribution in [-0.2, 0) is 6.54 Å². The van der Waals surface area contributed by atoms with Gasteiger partial charge >= 0.3 is 6.03 Å². The summed E-state index contributed by atoms with van der Waals surface area (Å²) in [6.45, 7) is 4.31. The fraction of sp³-hybridized carbons (Fsp3) is 0.450. The summed E-state index contributed by atoms with van der Waals surface area (Å²) in [4.78, 5) is 30.8. The third-order valence-electron chi connectivity index (χ3n) is 5.01. The zero-order valence-electron chi connectivity index (χ0n) is 15.6. The molecule has 142 valence electrons. The van der Waals surface area contributed by atoms with E-state index in [1.165, 1.54) is 11.8 Å². The van der Waals surface area contributed by atoms with E-state index < -0.39 is 0 Å². The topological polar surface area (TPSA) is 87.5 Å². The summed E-state index contributed by atoms with van der Waals surface area (Å²) in [5.74, 6) is 0.156. The van der Waals surface area contributed by atoms with E-state index in [4.69, 9.17) is 4.42 Å². The number of nitrogens with one attached hydrogen (secondary N) is 2. The van der Waals surface area contributed by atoms with E-state index in [1.807, 2.05) is 32.0 Å². The zero-order valence-corrected chi connectivity index (χ0v) is 15.6. The predicted molar refractivity (Wildman–Crippen MR) is 100 cm³/mol. The lowest BCUT2D eigenvalue weighted by Gasteiger charge is -2.21. The molecule has 27 heavy (non-hydrogen) atoms. The van der Waals surface area contributed by atoms with Gasteiger partial charge in [0.1, 0.15) is 6.26 Å². The zero-order chi connectivity index (χ0) is 19.0. The average molecular weight is 368 g/mol. The summed E-state index contributed by atoms with van der Waals surface area (Å²) in [7, 11) is 0. The Kier molecular flexibility index (Phi) is 4.59. The summed E-state index contributed by atoms with van der Waals surface area (Å²) in [6, 6.07) is 6.13. The number of oxazole rings is 1. The predicted octanol–water partition coefficient (Wildman–Crippen LogP) is 3.38. The Morgan fingerprint density at radius 1 is 1.19 bits per heavy atom. The lowest BCUT2D eigenvalue weighted by molar-refractivity contribution is 0.0946. The first kappa shape index (κ1) is 17.6. The third kappa shape index (κ3) is 4.30. The maximum Gasteiger partial charge on any atom is 0.322 e. The lowest BCUT2D eigenvalue weighted by atomic mass is 10.1. The van der Waals surface area contributed by atoms with Crippen molar-refractivity contribution >= 4 is 17.6 Å². The number of amides is 3. The first-order valence-corrected chi connectivity index (χ1v) is 9.40. The SMILES string of the molecule is Cc1ccc(NC(=O)N(Cc2nc(C(=O)NC3CC3)co2)C2CC2)cc1C. The summed E-state index contributed by atoms with van der Waals surface area (Å²) in [5, 5.41) is 5.84. The van der Waals surface area contributed by atoms with Gasteiger partial charge in [0.05, 0.1) is 6.54 Å². The van der Waals surface area contributed by atoms with Gasteiger partial charge in [-0.25, -0.2) is 9.78 Å². The fourth-order valence-corrected chi connectivity index (χ4v) is 2.89. The van der Waals surface area contributed by atoms with E-state index >= 15 is 0 Å². The van der Waals surface area contributed by atoms with Gasteiger partial charge < -0.3 is 20.0 Å². The second kappa shape index (κ2) is 7.06. The number of carbonyl (C=O) groups excluding carboxylic acids is 2. The van der Waals surface area contributed by atoms with Crippen LogP contribution in [0.15, 0.2) is 28.9 Å². The molecule has 1 heterocycles. The van der Waals surface area contributed by atoms with Gasteiger partial charge in [-0.2, -0.15) is 0 Å². The number of nitrogens with zero attached hydrogens (tertiary/aromatic N) is 2. The van der Waals surface area contributed by atoms with Gasteiger partial charge in [-0.15, -0.1) is 0 Å². The van der Waals surface area contributed by atoms with E-state index in [9.17, 15) is 9.59 Å². The summed E-state index contributed by atoms with van der Waals surface area (Å²) in [5.41, 5.74) is 3.35. The van der Waals surface area contributed by atoms with Crippen molar-refractivity contribution in [1.82, 2.24) is 15.2 Å². The number of aromatic nitrogens is 1. The van der Waals surface area contributed by atoms with E-state index in [0.29, 0.717) is 5.89 Å². The molecule has 0 spiro atoms. The molecule has 2 fully saturated rings. The average Bonchev–Trinajstić information content (AvgIpc) is 3.56. The molecule has 1 aromatic heterocycles. The molecular formula is C20H24N4O3. The highest BCUT2D eigenvalue weighted by Gasteiger charge is 2.34. The molecule has 2 saturated carbocycles. The Morgan fingerprint density at radius 3 is 2.63 bits per heavy atom. The largest absolute Gasteiger partial charge is 0.446 e. The van der Waals surface area contributed by atoms with Gasteiger partial charge in [0.2, 0.25) is 5.89 Å². The number of urea groups is 1. The second-order valence-electron chi connectivity index (χ2n) is 7.46. The van der Waals surface area contributed by atoms with Crippen LogP contribution in [0.25, 0.3) is 0 Å². The number of benzene rings is 1. The fourth-order valence-electron chi connectivity index (χ4n) is 2.89. The van der Waals surface area contributed by atoms with Gasteiger partial charge in [-0.3, -0.25) is 4.79 Å². The molecule has 1 aromatic carbocycles. The van der Waals surface area contributed by atoms with Crippen LogP contribution in [0.4, 0.5) is 10.5 Å². The highest BCUT2D eigenvalue weighted by molar-refractivity contribution is 5.92. The van der Waals surface area contributed by atoms with Crippen molar-refractivity contribution in [2.75, 3.05) is 5.32 Å². The summed E-state index contributed by atoms with van der Waals surface area (Å²) < 4.78 is 5.44. The monoisotopic (exact) mass is 368 g/mol. The van der Waals surface area contributed by atoms with Crippen LogP contribution in [-0.4, -0.2) is 33.9 Å². The van der Waals surface area contributed by atoms with E-state index in [2.05, 4.69) is 15.6 Å². The Balaban J connectivity index is 1.41. The minimum absolute atomic E-state index is 0.178. The molecule has 7 nitrogen and oxygen atoms in total. The first-order chi connectivity index (χ1) is 13.0. The summed E-state index contributed by atoms with van der Waals surface area (Å²) in [6.07, 6.45) is 5.33. The van der Waals surface area contributed by atoms with Crippen LogP contribution in [0, 0.1) is 13.8 Å². The number of rotatable bonds is 6. The molecule has 0 bridgehead atoms. The molecule has 0 saturated heterocycles. The number of anilines is 1. The molecule has 0 radical (unpaired) electrons. The quantitative estimate of drug-likeness (QED) is 0.818.